The predicted octanol–water partition coefficient (Wildman–Crippen LogP) is 4.68. The molecule has 132 valence electrons. The Hall–Kier alpha value is -2.19. The van der Waals surface area contributed by atoms with Crippen LogP contribution in [0.2, 0.25) is 0 Å². The summed E-state index contributed by atoms with van der Waals surface area (Å²) in [6.45, 7) is 4.89. The molecule has 2 rings (SSSR count). The maximum absolute atomic E-state index is 12.0. The summed E-state index contributed by atoms with van der Waals surface area (Å²) in [7, 11) is 0. The van der Waals surface area contributed by atoms with Crippen molar-refractivity contribution in [3.8, 4) is 17.3 Å². The highest BCUT2D eigenvalue weighted by Gasteiger charge is 2.32. The van der Waals surface area contributed by atoms with Crippen LogP contribution >= 0.6 is 11.3 Å². The Bertz CT molecular complexity index is 714. The van der Waals surface area contributed by atoms with Gasteiger partial charge in [0.25, 0.3) is 0 Å². The molecule has 0 saturated carbocycles. The van der Waals surface area contributed by atoms with Crippen molar-refractivity contribution in [2.24, 2.45) is 0 Å². The number of nitrogens with zero attached hydrogens (tertiary/aromatic N) is 2. The number of hydrogen-bond acceptors (Lipinski definition) is 4. The van der Waals surface area contributed by atoms with Crippen molar-refractivity contribution in [3.05, 3.63) is 40.7 Å². The number of aromatic nitrogens is 1. The van der Waals surface area contributed by atoms with E-state index in [4.69, 9.17) is 10.2 Å². The average molecular weight is 356 g/mol. The fourth-order valence-corrected chi connectivity index (χ4v) is 4.00. The summed E-state index contributed by atoms with van der Waals surface area (Å²) in [4.78, 5) is 16.9. The monoisotopic (exact) mass is 355 g/mol. The van der Waals surface area contributed by atoms with Gasteiger partial charge in [0.15, 0.2) is 0 Å². The van der Waals surface area contributed by atoms with E-state index >= 15 is 0 Å². The molecule has 1 heterocycles. The SMILES string of the molecule is CCC(CC)(CNC(=O)CCCC#N)c1nc(-c2ccccc2)cs1. The van der Waals surface area contributed by atoms with Crippen LogP contribution in [0.5, 0.6) is 0 Å². The molecule has 5 heteroatoms. The van der Waals surface area contributed by atoms with Crippen molar-refractivity contribution in [2.45, 2.75) is 51.4 Å². The van der Waals surface area contributed by atoms with Crippen LogP contribution in [-0.2, 0) is 10.2 Å². The zero-order chi connectivity index (χ0) is 18.1. The second-order valence-electron chi connectivity index (χ2n) is 6.18. The van der Waals surface area contributed by atoms with Crippen LogP contribution in [-0.4, -0.2) is 17.4 Å². The van der Waals surface area contributed by atoms with E-state index in [1.807, 2.05) is 18.2 Å². The molecule has 2 aromatic rings. The van der Waals surface area contributed by atoms with Crippen LogP contribution < -0.4 is 5.32 Å². The molecule has 0 atom stereocenters. The van der Waals surface area contributed by atoms with Crippen molar-refractivity contribution in [1.29, 1.82) is 5.26 Å². The lowest BCUT2D eigenvalue weighted by atomic mass is 9.82. The molecule has 0 fully saturated rings. The molecular formula is C20H25N3OS. The van der Waals surface area contributed by atoms with Crippen molar-refractivity contribution in [1.82, 2.24) is 10.3 Å². The third kappa shape index (κ3) is 4.90. The van der Waals surface area contributed by atoms with Gasteiger partial charge in [-0.1, -0.05) is 44.2 Å². The van der Waals surface area contributed by atoms with Gasteiger partial charge in [-0.05, 0) is 19.3 Å². The number of amides is 1. The van der Waals surface area contributed by atoms with Crippen LogP contribution in [0.3, 0.4) is 0 Å². The van der Waals surface area contributed by atoms with Crippen molar-refractivity contribution < 1.29 is 4.79 Å². The van der Waals surface area contributed by atoms with Gasteiger partial charge in [0, 0.05) is 35.7 Å². The van der Waals surface area contributed by atoms with Gasteiger partial charge < -0.3 is 5.32 Å². The van der Waals surface area contributed by atoms with E-state index in [1.54, 1.807) is 11.3 Å². The number of benzene rings is 1. The van der Waals surface area contributed by atoms with E-state index < -0.39 is 0 Å². The van der Waals surface area contributed by atoms with E-state index in [2.05, 4.69) is 42.7 Å². The number of carbonyl (C=O) groups is 1. The Kier molecular flexibility index (Phi) is 7.15. The van der Waals surface area contributed by atoms with Crippen LogP contribution in [0.25, 0.3) is 11.3 Å². The van der Waals surface area contributed by atoms with E-state index in [0.29, 0.717) is 25.8 Å². The Balaban J connectivity index is 2.10. The molecule has 25 heavy (non-hydrogen) atoms. The first-order valence-corrected chi connectivity index (χ1v) is 9.68. The van der Waals surface area contributed by atoms with Crippen LogP contribution in [0, 0.1) is 11.3 Å². The maximum atomic E-state index is 12.0. The van der Waals surface area contributed by atoms with E-state index in [0.717, 1.165) is 29.1 Å². The van der Waals surface area contributed by atoms with Crippen LogP contribution in [0.15, 0.2) is 35.7 Å². The minimum atomic E-state index is -0.136. The highest BCUT2D eigenvalue weighted by Crippen LogP contribution is 2.35. The number of nitrogens with one attached hydrogen (secondary N) is 1. The smallest absolute Gasteiger partial charge is 0.220 e. The largest absolute Gasteiger partial charge is 0.355 e. The third-order valence-electron chi connectivity index (χ3n) is 4.70. The van der Waals surface area contributed by atoms with Gasteiger partial charge in [-0.2, -0.15) is 5.26 Å². The zero-order valence-electron chi connectivity index (χ0n) is 14.9. The second kappa shape index (κ2) is 9.33. The molecule has 0 bridgehead atoms. The standard InChI is InChI=1S/C20H25N3OS/c1-3-20(4-2,15-22-18(24)12-8-9-13-21)19-23-17(14-25-19)16-10-6-5-7-11-16/h5-7,10-11,14H,3-4,8-9,12,15H2,1-2H3,(H,22,24). The third-order valence-corrected chi connectivity index (χ3v) is 5.79. The molecule has 1 amide bonds. The first-order chi connectivity index (χ1) is 12.1. The van der Waals surface area contributed by atoms with Gasteiger partial charge in [-0.3, -0.25) is 4.79 Å². The Morgan fingerprint density at radius 2 is 2.00 bits per heavy atom. The fraction of sp³-hybridized carbons (Fsp3) is 0.450. The van der Waals surface area contributed by atoms with Gasteiger partial charge in [0.05, 0.1) is 11.8 Å². The number of thiazole rings is 1. The molecule has 0 aliphatic carbocycles. The Morgan fingerprint density at radius 3 is 2.64 bits per heavy atom. The van der Waals surface area contributed by atoms with E-state index in [-0.39, 0.29) is 11.3 Å². The molecule has 1 aromatic heterocycles. The summed E-state index contributed by atoms with van der Waals surface area (Å²) in [6, 6.07) is 12.2. The summed E-state index contributed by atoms with van der Waals surface area (Å²) in [5, 5.41) is 14.8. The van der Waals surface area contributed by atoms with Crippen molar-refractivity contribution in [2.75, 3.05) is 6.54 Å². The highest BCUT2D eigenvalue weighted by molar-refractivity contribution is 7.10. The number of rotatable bonds is 9. The van der Waals surface area contributed by atoms with E-state index in [9.17, 15) is 4.79 Å². The summed E-state index contributed by atoms with van der Waals surface area (Å²) >= 11 is 1.67. The summed E-state index contributed by atoms with van der Waals surface area (Å²) in [5.41, 5.74) is 1.97. The van der Waals surface area contributed by atoms with E-state index in [1.165, 1.54) is 0 Å². The number of hydrogen-bond donors (Lipinski definition) is 1. The lowest BCUT2D eigenvalue weighted by molar-refractivity contribution is -0.121. The van der Waals surface area contributed by atoms with Crippen LogP contribution in [0.4, 0.5) is 0 Å². The van der Waals surface area contributed by atoms with Gasteiger partial charge in [0.2, 0.25) is 5.91 Å². The summed E-state index contributed by atoms with van der Waals surface area (Å²) in [5.74, 6) is 0.0152. The lowest BCUT2D eigenvalue weighted by Gasteiger charge is -2.29. The first kappa shape index (κ1) is 19.1. The predicted molar refractivity (Wildman–Crippen MR) is 102 cm³/mol. The molecule has 0 unspecified atom stereocenters. The van der Waals surface area contributed by atoms with Gasteiger partial charge in [0.1, 0.15) is 5.01 Å². The minimum absolute atomic E-state index is 0.0152. The first-order valence-electron chi connectivity index (χ1n) is 8.80. The molecule has 0 aliphatic heterocycles. The molecule has 0 aliphatic rings. The molecule has 0 radical (unpaired) electrons. The molecule has 1 N–H and O–H groups in total. The van der Waals surface area contributed by atoms with Crippen molar-refractivity contribution >= 4 is 17.2 Å². The topological polar surface area (TPSA) is 65.8 Å². The quantitative estimate of drug-likeness (QED) is 0.664. The summed E-state index contributed by atoms with van der Waals surface area (Å²) < 4.78 is 0. The molecule has 0 spiro atoms. The van der Waals surface area contributed by atoms with Gasteiger partial charge in [-0.15, -0.1) is 11.3 Å². The zero-order valence-corrected chi connectivity index (χ0v) is 15.7. The van der Waals surface area contributed by atoms with Crippen molar-refractivity contribution in [3.63, 3.8) is 0 Å². The fourth-order valence-electron chi connectivity index (χ4n) is 2.82. The lowest BCUT2D eigenvalue weighted by Crippen LogP contribution is -2.40. The number of nitriles is 1. The van der Waals surface area contributed by atoms with Gasteiger partial charge in [-0.25, -0.2) is 4.98 Å². The Labute approximate surface area is 153 Å². The maximum Gasteiger partial charge on any atom is 0.220 e. The number of carbonyl (C=O) groups excluding carboxylic acids is 1. The van der Waals surface area contributed by atoms with Gasteiger partial charge >= 0.3 is 0 Å². The molecular weight excluding hydrogens is 330 g/mol. The summed E-state index contributed by atoms with van der Waals surface area (Å²) in [6.07, 6.45) is 3.29. The molecule has 0 saturated heterocycles. The minimum Gasteiger partial charge on any atom is -0.355 e. The second-order valence-corrected chi connectivity index (χ2v) is 7.04. The molecule has 4 nitrogen and oxygen atoms in total. The Morgan fingerprint density at radius 1 is 1.28 bits per heavy atom. The molecule has 1 aromatic carbocycles. The normalized spacial score (nSPS) is 11.1. The highest BCUT2D eigenvalue weighted by atomic mass is 32.1. The average Bonchev–Trinajstić information content (AvgIpc) is 3.15. The van der Waals surface area contributed by atoms with Crippen LogP contribution in [0.1, 0.15) is 51.0 Å². The number of unbranched alkanes of at least 4 members (excludes halogenated alkanes) is 1.